The Hall–Kier alpha value is -2.15. The van der Waals surface area contributed by atoms with Crippen molar-refractivity contribution in [2.75, 3.05) is 27.2 Å². The van der Waals surface area contributed by atoms with Crippen LogP contribution in [0.25, 0.3) is 0 Å². The van der Waals surface area contributed by atoms with Crippen molar-refractivity contribution in [3.8, 4) is 12.8 Å². The molecular formula is C20H25ClF4N2O3. The molecule has 0 aliphatic carbocycles. The fourth-order valence-corrected chi connectivity index (χ4v) is 3.25. The standard InChI is InChI=1S/C15H20ClFN2O.C3H3F3O2.C2H2/c1-10-9-18(2)7-6-14(10)19(3)15(20)12-5-4-11(17)8-13(12)16;4-3(5,6)2(8)1-7;1-2/h4-5,8,10,14H,6-7,9H2,1-3H3;1-2,8H;1-2H/t10-,14+;;/m1../s1. The molecular weight excluding hydrogens is 428 g/mol. The fourth-order valence-electron chi connectivity index (χ4n) is 3.00. The predicted molar refractivity (Wildman–Crippen MR) is 107 cm³/mol. The molecule has 5 nitrogen and oxygen atoms in total. The lowest BCUT2D eigenvalue weighted by atomic mass is 9.92. The first-order chi connectivity index (χ1) is 13.9. The topological polar surface area (TPSA) is 60.9 Å². The molecule has 1 aromatic carbocycles. The smallest absolute Gasteiger partial charge is 0.377 e. The minimum Gasteiger partial charge on any atom is -0.377 e. The number of carbonyl (C=O) groups is 2. The number of nitrogens with zero attached hydrogens (tertiary/aromatic N) is 2. The average molecular weight is 453 g/mol. The Morgan fingerprint density at radius 3 is 2.37 bits per heavy atom. The number of terminal acetylenes is 1. The van der Waals surface area contributed by atoms with E-state index < -0.39 is 24.4 Å². The lowest BCUT2D eigenvalue weighted by Gasteiger charge is -2.40. The highest BCUT2D eigenvalue weighted by Gasteiger charge is 2.37. The summed E-state index contributed by atoms with van der Waals surface area (Å²) < 4.78 is 46.0. The number of halogens is 5. The predicted octanol–water partition coefficient (Wildman–Crippen LogP) is 3.25. The third kappa shape index (κ3) is 8.30. The van der Waals surface area contributed by atoms with E-state index in [-0.39, 0.29) is 17.0 Å². The Bertz CT molecular complexity index is 728. The molecule has 0 bridgehead atoms. The van der Waals surface area contributed by atoms with Gasteiger partial charge in [-0.15, -0.1) is 12.8 Å². The van der Waals surface area contributed by atoms with E-state index in [4.69, 9.17) is 16.7 Å². The van der Waals surface area contributed by atoms with Gasteiger partial charge in [-0.05, 0) is 44.1 Å². The number of piperidine rings is 1. The summed E-state index contributed by atoms with van der Waals surface area (Å²) in [5.41, 5.74) is 0.363. The number of hydrogen-bond acceptors (Lipinski definition) is 4. The molecule has 2 rings (SSSR count). The quantitative estimate of drug-likeness (QED) is 0.434. The molecule has 1 amide bonds. The van der Waals surface area contributed by atoms with E-state index in [1.807, 2.05) is 0 Å². The van der Waals surface area contributed by atoms with E-state index >= 15 is 0 Å². The van der Waals surface area contributed by atoms with E-state index in [2.05, 4.69) is 31.7 Å². The Morgan fingerprint density at radius 2 is 1.97 bits per heavy atom. The number of aldehydes is 1. The van der Waals surface area contributed by atoms with Crippen LogP contribution < -0.4 is 0 Å². The Kier molecular flexibility index (Phi) is 11.6. The monoisotopic (exact) mass is 452 g/mol. The molecule has 3 atom stereocenters. The van der Waals surface area contributed by atoms with Crippen molar-refractivity contribution >= 4 is 23.8 Å². The third-order valence-electron chi connectivity index (χ3n) is 4.51. The maximum absolute atomic E-state index is 13.1. The van der Waals surface area contributed by atoms with E-state index in [9.17, 15) is 27.2 Å². The number of carbonyl (C=O) groups excluding carboxylic acids is 2. The summed E-state index contributed by atoms with van der Waals surface area (Å²) in [4.78, 5) is 25.7. The molecule has 1 heterocycles. The molecule has 1 N–H and O–H groups in total. The molecule has 0 saturated carbocycles. The molecule has 10 heteroatoms. The number of rotatable bonds is 3. The van der Waals surface area contributed by atoms with Crippen LogP contribution in [0.4, 0.5) is 17.6 Å². The second-order valence-corrected chi connectivity index (χ2v) is 7.17. The Morgan fingerprint density at radius 1 is 1.40 bits per heavy atom. The first-order valence-corrected chi connectivity index (χ1v) is 9.20. The van der Waals surface area contributed by atoms with Gasteiger partial charge in [-0.3, -0.25) is 4.79 Å². The van der Waals surface area contributed by atoms with Gasteiger partial charge in [0, 0.05) is 19.6 Å². The van der Waals surface area contributed by atoms with Crippen LogP contribution in [-0.2, 0) is 4.79 Å². The zero-order valence-corrected chi connectivity index (χ0v) is 17.6. The maximum Gasteiger partial charge on any atom is 0.421 e. The molecule has 1 fully saturated rings. The van der Waals surface area contributed by atoms with Gasteiger partial charge in [-0.25, -0.2) is 4.39 Å². The molecule has 168 valence electrons. The molecule has 1 aliphatic rings. The van der Waals surface area contributed by atoms with Gasteiger partial charge in [0.2, 0.25) is 6.10 Å². The van der Waals surface area contributed by atoms with Crippen molar-refractivity contribution in [2.45, 2.75) is 31.7 Å². The van der Waals surface area contributed by atoms with Crippen LogP contribution in [0, 0.1) is 24.6 Å². The van der Waals surface area contributed by atoms with Crippen molar-refractivity contribution in [1.82, 2.24) is 9.80 Å². The number of alkyl halides is 3. The molecule has 1 unspecified atom stereocenters. The lowest BCUT2D eigenvalue weighted by molar-refractivity contribution is -0.197. The number of hydrogen-bond donors (Lipinski definition) is 1. The SMILES string of the molecule is C#C.C[C@@H]1CN(C)CC[C@@H]1N(C)C(=O)c1ccc(F)cc1Cl.O=CC(O)C(F)(F)F. The van der Waals surface area contributed by atoms with Gasteiger partial charge in [0.1, 0.15) is 5.82 Å². The largest absolute Gasteiger partial charge is 0.421 e. The first kappa shape index (κ1) is 27.8. The van der Waals surface area contributed by atoms with Gasteiger partial charge in [0.05, 0.1) is 10.6 Å². The first-order valence-electron chi connectivity index (χ1n) is 8.82. The molecule has 1 saturated heterocycles. The maximum atomic E-state index is 13.1. The normalized spacial score (nSPS) is 20.0. The molecule has 0 spiro atoms. The van der Waals surface area contributed by atoms with Crippen LogP contribution in [0.3, 0.4) is 0 Å². The van der Waals surface area contributed by atoms with Gasteiger partial charge < -0.3 is 19.7 Å². The van der Waals surface area contributed by atoms with Crippen LogP contribution in [0.2, 0.25) is 5.02 Å². The molecule has 1 aromatic rings. The van der Waals surface area contributed by atoms with Crippen LogP contribution >= 0.6 is 11.6 Å². The molecule has 30 heavy (non-hydrogen) atoms. The summed E-state index contributed by atoms with van der Waals surface area (Å²) in [6, 6.07) is 4.10. The minimum absolute atomic E-state index is 0.142. The van der Waals surface area contributed by atoms with Crippen LogP contribution in [-0.4, -0.2) is 72.6 Å². The van der Waals surface area contributed by atoms with E-state index in [0.29, 0.717) is 11.5 Å². The number of amides is 1. The molecule has 0 radical (unpaired) electrons. The fraction of sp³-hybridized carbons (Fsp3) is 0.500. The summed E-state index contributed by atoms with van der Waals surface area (Å²) in [7, 11) is 3.89. The molecule has 1 aliphatic heterocycles. The van der Waals surface area contributed by atoms with Crippen molar-refractivity contribution < 1.29 is 32.3 Å². The zero-order valence-electron chi connectivity index (χ0n) is 16.9. The lowest BCUT2D eigenvalue weighted by Crippen LogP contribution is -2.49. The van der Waals surface area contributed by atoms with Crippen LogP contribution in [0.15, 0.2) is 18.2 Å². The van der Waals surface area contributed by atoms with Gasteiger partial charge in [0.15, 0.2) is 6.29 Å². The van der Waals surface area contributed by atoms with Crippen LogP contribution in [0.5, 0.6) is 0 Å². The number of likely N-dealkylation sites (tertiary alicyclic amines) is 1. The van der Waals surface area contributed by atoms with E-state index in [1.54, 1.807) is 11.9 Å². The summed E-state index contributed by atoms with van der Waals surface area (Å²) in [5, 5.41) is 7.87. The van der Waals surface area contributed by atoms with Gasteiger partial charge in [-0.2, -0.15) is 13.2 Å². The highest BCUT2D eigenvalue weighted by atomic mass is 35.5. The van der Waals surface area contributed by atoms with Crippen molar-refractivity contribution in [3.63, 3.8) is 0 Å². The number of aliphatic hydroxyl groups excluding tert-OH is 1. The highest BCUT2D eigenvalue weighted by Crippen LogP contribution is 2.24. The van der Waals surface area contributed by atoms with Gasteiger partial charge in [0.25, 0.3) is 5.91 Å². The second-order valence-electron chi connectivity index (χ2n) is 6.76. The van der Waals surface area contributed by atoms with Crippen molar-refractivity contribution in [1.29, 1.82) is 0 Å². The average Bonchev–Trinajstić information content (AvgIpc) is 2.67. The van der Waals surface area contributed by atoms with E-state index in [1.165, 1.54) is 18.2 Å². The van der Waals surface area contributed by atoms with Gasteiger partial charge in [-0.1, -0.05) is 18.5 Å². The van der Waals surface area contributed by atoms with Crippen LogP contribution in [0.1, 0.15) is 23.7 Å². The summed E-state index contributed by atoms with van der Waals surface area (Å²) >= 11 is 5.97. The summed E-state index contributed by atoms with van der Waals surface area (Å²) in [6.45, 7) is 4.10. The second kappa shape index (κ2) is 12.5. The summed E-state index contributed by atoms with van der Waals surface area (Å²) in [5.74, 6) is -0.166. The number of aliphatic hydroxyl groups is 1. The minimum atomic E-state index is -4.80. The molecule has 0 aromatic heterocycles. The third-order valence-corrected chi connectivity index (χ3v) is 4.82. The van der Waals surface area contributed by atoms with E-state index in [0.717, 1.165) is 19.5 Å². The van der Waals surface area contributed by atoms with Crippen molar-refractivity contribution in [3.05, 3.63) is 34.6 Å². The Labute approximate surface area is 178 Å². The zero-order chi connectivity index (χ0) is 23.6. The highest BCUT2D eigenvalue weighted by molar-refractivity contribution is 6.33. The van der Waals surface area contributed by atoms with Gasteiger partial charge >= 0.3 is 6.18 Å². The number of benzene rings is 1. The Balaban J connectivity index is 0.000000712. The summed E-state index contributed by atoms with van der Waals surface area (Å²) in [6.07, 6.45) is 0.739. The van der Waals surface area contributed by atoms with Crippen molar-refractivity contribution in [2.24, 2.45) is 5.92 Å².